The lowest BCUT2D eigenvalue weighted by atomic mass is 10.1. The van der Waals surface area contributed by atoms with Gasteiger partial charge in [0, 0.05) is 43.0 Å². The fraction of sp³-hybridized carbons (Fsp3) is 0.304. The van der Waals surface area contributed by atoms with Crippen molar-refractivity contribution in [2.24, 2.45) is 5.92 Å². The van der Waals surface area contributed by atoms with E-state index in [1.807, 2.05) is 17.0 Å². The van der Waals surface area contributed by atoms with Crippen molar-refractivity contribution >= 4 is 55.8 Å². The number of carbonyl (C=O) groups excluding carboxylic acids is 2. The maximum absolute atomic E-state index is 14.5. The van der Waals surface area contributed by atoms with Crippen molar-refractivity contribution in [1.29, 1.82) is 0 Å². The number of carbonyl (C=O) groups is 2. The molecule has 0 bridgehead atoms. The number of fused-ring (bicyclic) bond motifs is 1. The number of hydrogen-bond donors (Lipinski definition) is 1. The van der Waals surface area contributed by atoms with Crippen LogP contribution in [-0.4, -0.2) is 67.7 Å². The van der Waals surface area contributed by atoms with Crippen LogP contribution in [0.2, 0.25) is 0 Å². The minimum atomic E-state index is -0.534. The highest BCUT2D eigenvalue weighted by Crippen LogP contribution is 2.31. The topological polar surface area (TPSA) is 104 Å². The summed E-state index contributed by atoms with van der Waals surface area (Å²) in [5.74, 6) is -0.122. The Hall–Kier alpha value is -3.51. The second kappa shape index (κ2) is 8.93. The fourth-order valence-electron chi connectivity index (χ4n) is 4.04. The van der Waals surface area contributed by atoms with E-state index in [4.69, 9.17) is 0 Å². The molecular formula is C23H20FN7O2S2. The highest BCUT2D eigenvalue weighted by Gasteiger charge is 2.35. The van der Waals surface area contributed by atoms with Crippen molar-refractivity contribution in [2.75, 3.05) is 31.5 Å². The van der Waals surface area contributed by atoms with Crippen molar-refractivity contribution in [3.8, 4) is 11.3 Å². The number of anilines is 2. The Morgan fingerprint density at radius 3 is 2.63 bits per heavy atom. The maximum Gasteiger partial charge on any atom is 0.273 e. The lowest BCUT2D eigenvalue weighted by molar-refractivity contribution is -0.134. The third kappa shape index (κ3) is 4.46. The van der Waals surface area contributed by atoms with Crippen LogP contribution >= 0.6 is 22.7 Å². The van der Waals surface area contributed by atoms with Gasteiger partial charge in [-0.3, -0.25) is 9.59 Å². The number of piperazine rings is 1. The van der Waals surface area contributed by atoms with Crippen LogP contribution in [0, 0.1) is 11.7 Å². The van der Waals surface area contributed by atoms with E-state index >= 15 is 0 Å². The standard InChI is InChI=1S/C23H20FN7O2S2/c24-15-10-25-22(28-19(15)14-3-4-16-18(9-14)35-12-26-16)29-23-27-17(11-34-23)21(33)31-7-5-30(6-8-31)20(32)13-1-2-13/h3-4,9-13H,1-2,5-8H2,(H,25,27,28,29). The van der Waals surface area contributed by atoms with Crippen LogP contribution in [0.25, 0.3) is 21.5 Å². The van der Waals surface area contributed by atoms with Crippen LogP contribution < -0.4 is 5.32 Å². The van der Waals surface area contributed by atoms with E-state index in [2.05, 4.69) is 25.3 Å². The first-order valence-corrected chi connectivity index (χ1v) is 13.0. The average Bonchev–Trinajstić information content (AvgIpc) is 3.45. The van der Waals surface area contributed by atoms with Gasteiger partial charge in [-0.05, 0) is 25.0 Å². The van der Waals surface area contributed by atoms with Gasteiger partial charge in [-0.25, -0.2) is 24.3 Å². The smallest absolute Gasteiger partial charge is 0.273 e. The Kier molecular flexibility index (Phi) is 5.61. The van der Waals surface area contributed by atoms with E-state index in [0.29, 0.717) is 42.6 Å². The Balaban J connectivity index is 1.14. The van der Waals surface area contributed by atoms with Crippen molar-refractivity contribution in [1.82, 2.24) is 29.7 Å². The lowest BCUT2D eigenvalue weighted by Crippen LogP contribution is -2.51. The van der Waals surface area contributed by atoms with Crippen molar-refractivity contribution in [3.05, 3.63) is 46.8 Å². The normalized spacial score (nSPS) is 16.0. The second-order valence-electron chi connectivity index (χ2n) is 8.48. The molecule has 35 heavy (non-hydrogen) atoms. The number of aromatic nitrogens is 4. The number of rotatable bonds is 5. The van der Waals surface area contributed by atoms with Crippen molar-refractivity contribution in [2.45, 2.75) is 12.8 Å². The first kappa shape index (κ1) is 22.0. The Labute approximate surface area is 207 Å². The van der Waals surface area contributed by atoms with Crippen molar-refractivity contribution < 1.29 is 14.0 Å². The van der Waals surface area contributed by atoms with Gasteiger partial charge in [0.2, 0.25) is 11.9 Å². The van der Waals surface area contributed by atoms with Crippen LogP contribution in [0.5, 0.6) is 0 Å². The molecule has 1 saturated carbocycles. The SMILES string of the molecule is O=C(c1csc(Nc2ncc(F)c(-c3ccc4ncsc4c3)n2)n1)N1CCN(C(=O)C2CC2)CC1. The van der Waals surface area contributed by atoms with E-state index in [1.165, 1.54) is 22.7 Å². The van der Waals surface area contributed by atoms with Gasteiger partial charge >= 0.3 is 0 Å². The van der Waals surface area contributed by atoms with Crippen LogP contribution in [0.15, 0.2) is 35.3 Å². The summed E-state index contributed by atoms with van der Waals surface area (Å²) in [6.45, 7) is 2.09. The number of nitrogens with one attached hydrogen (secondary N) is 1. The average molecular weight is 510 g/mol. The predicted octanol–water partition coefficient (Wildman–Crippen LogP) is 3.79. The summed E-state index contributed by atoms with van der Waals surface area (Å²) < 4.78 is 15.4. The molecule has 1 aromatic carbocycles. The first-order valence-electron chi connectivity index (χ1n) is 11.2. The molecule has 1 aliphatic heterocycles. The quantitative estimate of drug-likeness (QED) is 0.437. The summed E-state index contributed by atoms with van der Waals surface area (Å²) in [7, 11) is 0. The van der Waals surface area contributed by atoms with Gasteiger partial charge < -0.3 is 15.1 Å². The predicted molar refractivity (Wildman–Crippen MR) is 131 cm³/mol. The van der Waals surface area contributed by atoms with Crippen LogP contribution in [0.4, 0.5) is 15.5 Å². The van der Waals surface area contributed by atoms with E-state index < -0.39 is 5.82 Å². The molecule has 1 saturated heterocycles. The summed E-state index contributed by atoms with van der Waals surface area (Å²) in [6.07, 6.45) is 3.07. The molecule has 1 aliphatic carbocycles. The van der Waals surface area contributed by atoms with E-state index in [1.54, 1.807) is 21.9 Å². The molecule has 0 unspecified atom stereocenters. The van der Waals surface area contributed by atoms with Gasteiger partial charge in [0.25, 0.3) is 5.91 Å². The van der Waals surface area contributed by atoms with Gasteiger partial charge in [-0.1, -0.05) is 6.07 Å². The molecule has 0 spiro atoms. The molecule has 0 radical (unpaired) electrons. The molecular weight excluding hydrogens is 489 g/mol. The monoisotopic (exact) mass is 509 g/mol. The van der Waals surface area contributed by atoms with Crippen molar-refractivity contribution in [3.63, 3.8) is 0 Å². The number of nitrogens with zero attached hydrogens (tertiary/aromatic N) is 6. The molecule has 2 amide bonds. The summed E-state index contributed by atoms with van der Waals surface area (Å²) in [6, 6.07) is 5.45. The highest BCUT2D eigenvalue weighted by molar-refractivity contribution is 7.16. The molecule has 1 N–H and O–H groups in total. The molecule has 2 aliphatic rings. The zero-order chi connectivity index (χ0) is 23.9. The Morgan fingerprint density at radius 2 is 1.83 bits per heavy atom. The van der Waals surface area contributed by atoms with Gasteiger partial charge in [0.1, 0.15) is 11.4 Å². The third-order valence-electron chi connectivity index (χ3n) is 6.10. The van der Waals surface area contributed by atoms with Gasteiger partial charge in [-0.15, -0.1) is 22.7 Å². The number of benzene rings is 1. The van der Waals surface area contributed by atoms with Crippen LogP contribution in [-0.2, 0) is 4.79 Å². The molecule has 178 valence electrons. The summed E-state index contributed by atoms with van der Waals surface area (Å²) in [5, 5.41) is 5.09. The second-order valence-corrected chi connectivity index (χ2v) is 10.2. The maximum atomic E-state index is 14.5. The van der Waals surface area contributed by atoms with E-state index in [9.17, 15) is 14.0 Å². The number of thiazole rings is 2. The van der Waals surface area contributed by atoms with Gasteiger partial charge in [-0.2, -0.15) is 0 Å². The molecule has 4 heterocycles. The lowest BCUT2D eigenvalue weighted by Gasteiger charge is -2.34. The zero-order valence-electron chi connectivity index (χ0n) is 18.5. The molecule has 2 fully saturated rings. The first-order chi connectivity index (χ1) is 17.0. The molecule has 3 aromatic heterocycles. The van der Waals surface area contributed by atoms with Gasteiger partial charge in [0.05, 0.1) is 21.9 Å². The van der Waals surface area contributed by atoms with Crippen LogP contribution in [0.3, 0.4) is 0 Å². The Morgan fingerprint density at radius 1 is 1.03 bits per heavy atom. The molecule has 6 rings (SSSR count). The highest BCUT2D eigenvalue weighted by atomic mass is 32.1. The summed E-state index contributed by atoms with van der Waals surface area (Å²) in [5.41, 5.74) is 3.70. The number of amides is 2. The minimum Gasteiger partial charge on any atom is -0.339 e. The van der Waals surface area contributed by atoms with Crippen LogP contribution in [0.1, 0.15) is 23.3 Å². The van der Waals surface area contributed by atoms with Gasteiger partial charge in [0.15, 0.2) is 10.9 Å². The fourth-order valence-corrected chi connectivity index (χ4v) is 5.43. The van der Waals surface area contributed by atoms with E-state index in [-0.39, 0.29) is 29.4 Å². The third-order valence-corrected chi connectivity index (χ3v) is 7.65. The van der Waals surface area contributed by atoms with E-state index in [0.717, 1.165) is 29.3 Å². The number of hydrogen-bond acceptors (Lipinski definition) is 9. The molecule has 9 nitrogen and oxygen atoms in total. The molecule has 0 atom stereocenters. The molecule has 12 heteroatoms. The zero-order valence-corrected chi connectivity index (χ0v) is 20.1. The summed E-state index contributed by atoms with van der Waals surface area (Å²) in [4.78, 5) is 45.7. The summed E-state index contributed by atoms with van der Waals surface area (Å²) >= 11 is 2.72. The molecule has 4 aromatic rings. The minimum absolute atomic E-state index is 0.171. The largest absolute Gasteiger partial charge is 0.339 e. The Bertz CT molecular complexity index is 1430. The number of halogens is 1.